The number of nitrogens with zero attached hydrogens (tertiary/aromatic N) is 1. The topological polar surface area (TPSA) is 79.1 Å². The van der Waals surface area contributed by atoms with E-state index in [1.54, 1.807) is 0 Å². The third kappa shape index (κ3) is 1.84. The zero-order valence-electron chi connectivity index (χ0n) is 7.73. The highest BCUT2D eigenvalue weighted by Gasteiger charge is 2.15. The largest absolute Gasteiger partial charge is 0.478 e. The lowest BCUT2D eigenvalue weighted by molar-refractivity contribution is 0.0697. The summed E-state index contributed by atoms with van der Waals surface area (Å²) in [7, 11) is 0. The zero-order valence-corrected chi connectivity index (χ0v) is 8.55. The summed E-state index contributed by atoms with van der Waals surface area (Å²) >= 11 is 4.64. The van der Waals surface area contributed by atoms with Crippen LogP contribution in [0.3, 0.4) is 0 Å². The second kappa shape index (κ2) is 3.86. The third-order valence-electron chi connectivity index (χ3n) is 1.91. The highest BCUT2D eigenvalue weighted by molar-refractivity contribution is 7.71. The lowest BCUT2D eigenvalue weighted by Crippen LogP contribution is -2.01. The Morgan fingerprint density at radius 3 is 2.88 bits per heavy atom. The van der Waals surface area contributed by atoms with Gasteiger partial charge in [0.15, 0.2) is 5.82 Å². The van der Waals surface area contributed by atoms with Crippen molar-refractivity contribution in [2.45, 2.75) is 0 Å². The maximum Gasteiger partial charge on any atom is 0.336 e. The van der Waals surface area contributed by atoms with Gasteiger partial charge in [0.1, 0.15) is 5.82 Å². The van der Waals surface area contributed by atoms with Crippen LogP contribution in [0.15, 0.2) is 22.7 Å². The molecule has 1 aromatic heterocycles. The quantitative estimate of drug-likeness (QED) is 0.787. The number of benzene rings is 1. The molecule has 2 rings (SSSR count). The molecule has 2 N–H and O–H groups in total. The lowest BCUT2D eigenvalue weighted by atomic mass is 10.1. The van der Waals surface area contributed by atoms with E-state index >= 15 is 0 Å². The van der Waals surface area contributed by atoms with Gasteiger partial charge in [0.05, 0.1) is 5.56 Å². The fourth-order valence-electron chi connectivity index (χ4n) is 1.24. The van der Waals surface area contributed by atoms with Crippen LogP contribution in [0.4, 0.5) is 4.39 Å². The fraction of sp³-hybridized carbons (Fsp3) is 0. The number of hydrogen-bond donors (Lipinski definition) is 2. The summed E-state index contributed by atoms with van der Waals surface area (Å²) in [6.45, 7) is 0. The van der Waals surface area contributed by atoms with Gasteiger partial charge in [-0.05, 0) is 30.4 Å². The first-order valence-electron chi connectivity index (χ1n) is 4.16. The average Bonchev–Trinajstić information content (AvgIpc) is 2.64. The molecule has 0 unspecified atom stereocenters. The summed E-state index contributed by atoms with van der Waals surface area (Å²) < 4.78 is 17.6. The molecule has 0 aliphatic carbocycles. The Balaban J connectivity index is 2.64. The third-order valence-corrected chi connectivity index (χ3v) is 2.08. The van der Waals surface area contributed by atoms with Crippen LogP contribution >= 0.6 is 12.2 Å². The lowest BCUT2D eigenvalue weighted by Gasteiger charge is -2.01. The van der Waals surface area contributed by atoms with Gasteiger partial charge >= 0.3 is 10.8 Å². The van der Waals surface area contributed by atoms with E-state index in [1.807, 2.05) is 0 Å². The highest BCUT2D eigenvalue weighted by atomic mass is 32.1. The van der Waals surface area contributed by atoms with Gasteiger partial charge in [-0.2, -0.15) is 4.98 Å². The number of rotatable bonds is 2. The molecule has 0 amide bonds. The minimum absolute atomic E-state index is 0.0457. The predicted octanol–water partition coefficient (Wildman–Crippen LogP) is 2.24. The molecule has 0 saturated carbocycles. The predicted molar refractivity (Wildman–Crippen MR) is 54.0 cm³/mol. The van der Waals surface area contributed by atoms with Crippen molar-refractivity contribution in [2.75, 3.05) is 0 Å². The second-order valence-corrected chi connectivity index (χ2v) is 3.27. The zero-order chi connectivity index (χ0) is 11.7. The van der Waals surface area contributed by atoms with Gasteiger partial charge in [0, 0.05) is 5.56 Å². The molecule has 16 heavy (non-hydrogen) atoms. The minimum Gasteiger partial charge on any atom is -0.478 e. The van der Waals surface area contributed by atoms with Crippen LogP contribution in [-0.4, -0.2) is 21.2 Å². The molecule has 0 spiro atoms. The SMILES string of the molecule is O=C(O)c1cc(F)ccc1-c1nc(=S)o[nH]1. The maximum atomic E-state index is 12.9. The summed E-state index contributed by atoms with van der Waals surface area (Å²) in [5.41, 5.74) is 0.00769. The number of carbonyl (C=O) groups is 1. The number of aromatic amines is 1. The molecule has 82 valence electrons. The van der Waals surface area contributed by atoms with Gasteiger partial charge in [0.2, 0.25) is 0 Å². The van der Waals surface area contributed by atoms with E-state index in [9.17, 15) is 9.18 Å². The van der Waals surface area contributed by atoms with Crippen LogP contribution in [0.1, 0.15) is 10.4 Å². The van der Waals surface area contributed by atoms with Gasteiger partial charge in [0.25, 0.3) is 0 Å². The van der Waals surface area contributed by atoms with Crippen LogP contribution < -0.4 is 0 Å². The Morgan fingerprint density at radius 2 is 2.31 bits per heavy atom. The molecule has 0 fully saturated rings. The number of carboxylic acid groups (broad SMARTS) is 1. The van der Waals surface area contributed by atoms with Crippen LogP contribution in [0.25, 0.3) is 11.4 Å². The average molecular weight is 240 g/mol. The number of aromatic carboxylic acids is 1. The normalized spacial score (nSPS) is 10.3. The first kappa shape index (κ1) is 10.5. The first-order chi connectivity index (χ1) is 7.58. The molecule has 0 atom stereocenters. The van der Waals surface area contributed by atoms with Gasteiger partial charge in [-0.25, -0.2) is 14.3 Å². The van der Waals surface area contributed by atoms with Crippen molar-refractivity contribution < 1.29 is 18.8 Å². The van der Waals surface area contributed by atoms with E-state index in [2.05, 4.69) is 26.9 Å². The van der Waals surface area contributed by atoms with Crippen LogP contribution in [0.5, 0.6) is 0 Å². The Hall–Kier alpha value is -2.02. The monoisotopic (exact) mass is 240 g/mol. The van der Waals surface area contributed by atoms with E-state index in [0.717, 1.165) is 12.1 Å². The van der Waals surface area contributed by atoms with E-state index in [4.69, 9.17) is 5.11 Å². The first-order valence-corrected chi connectivity index (χ1v) is 4.57. The molecule has 1 aromatic carbocycles. The highest BCUT2D eigenvalue weighted by Crippen LogP contribution is 2.21. The smallest absolute Gasteiger partial charge is 0.336 e. The molecule has 0 aliphatic heterocycles. The fourth-order valence-corrected chi connectivity index (χ4v) is 1.38. The van der Waals surface area contributed by atoms with E-state index in [1.165, 1.54) is 6.07 Å². The Bertz CT molecular complexity index is 605. The van der Waals surface area contributed by atoms with Crippen LogP contribution in [0, 0.1) is 10.7 Å². The van der Waals surface area contributed by atoms with Crippen molar-refractivity contribution in [3.8, 4) is 11.4 Å². The van der Waals surface area contributed by atoms with Crippen molar-refractivity contribution in [3.05, 3.63) is 34.4 Å². The summed E-state index contributed by atoms with van der Waals surface area (Å²) in [5, 5.41) is 11.3. The molecule has 0 radical (unpaired) electrons. The number of hydrogen-bond acceptors (Lipinski definition) is 4. The van der Waals surface area contributed by atoms with Gasteiger partial charge in [-0.3, -0.25) is 0 Å². The van der Waals surface area contributed by atoms with Crippen LogP contribution in [-0.2, 0) is 0 Å². The Kier molecular flexibility index (Phi) is 2.53. The van der Waals surface area contributed by atoms with Crippen LogP contribution in [0.2, 0.25) is 0 Å². The van der Waals surface area contributed by atoms with Crippen molar-refractivity contribution in [1.82, 2.24) is 10.1 Å². The molecule has 1 heterocycles. The summed E-state index contributed by atoms with van der Waals surface area (Å²) in [6.07, 6.45) is 0. The maximum absolute atomic E-state index is 12.9. The molecule has 0 saturated heterocycles. The molecule has 0 bridgehead atoms. The molecule has 0 aliphatic rings. The molecule has 7 heteroatoms. The molecule has 2 aromatic rings. The summed E-state index contributed by atoms with van der Waals surface area (Å²) in [5.74, 6) is -1.73. The standard InChI is InChI=1S/C9H5FN2O3S/c10-4-1-2-5(6(3-4)8(13)14)7-11-9(16)15-12-7/h1-3H,(H,13,14)(H,11,12,16). The van der Waals surface area contributed by atoms with Gasteiger partial charge in [-0.1, -0.05) is 0 Å². The van der Waals surface area contributed by atoms with Crippen molar-refractivity contribution >= 4 is 18.2 Å². The number of halogens is 1. The van der Waals surface area contributed by atoms with Gasteiger partial charge < -0.3 is 9.63 Å². The summed E-state index contributed by atoms with van der Waals surface area (Å²) in [6, 6.07) is 3.33. The van der Waals surface area contributed by atoms with E-state index in [0.29, 0.717) is 0 Å². The molecular weight excluding hydrogens is 235 g/mol. The number of carboxylic acids is 1. The minimum atomic E-state index is -1.25. The number of H-pyrrole nitrogens is 1. The number of nitrogens with one attached hydrogen (secondary N) is 1. The second-order valence-electron chi connectivity index (χ2n) is 2.93. The molecular formula is C9H5FN2O3S. The van der Waals surface area contributed by atoms with Gasteiger partial charge in [-0.15, -0.1) is 0 Å². The Morgan fingerprint density at radius 1 is 1.56 bits per heavy atom. The summed E-state index contributed by atoms with van der Waals surface area (Å²) in [4.78, 5) is 14.6. The van der Waals surface area contributed by atoms with E-state index in [-0.39, 0.29) is 21.8 Å². The molecule has 5 nitrogen and oxygen atoms in total. The Labute approximate surface area is 93.5 Å². The van der Waals surface area contributed by atoms with Crippen molar-refractivity contribution in [2.24, 2.45) is 0 Å². The van der Waals surface area contributed by atoms with Crippen molar-refractivity contribution in [1.29, 1.82) is 0 Å². The number of aromatic nitrogens is 2. The van der Waals surface area contributed by atoms with E-state index < -0.39 is 11.8 Å². The van der Waals surface area contributed by atoms with Crippen molar-refractivity contribution in [3.63, 3.8) is 0 Å².